The first-order valence-electron chi connectivity index (χ1n) is 14.4. The minimum Gasteiger partial charge on any atom is -0.350 e. The minimum atomic E-state index is -3.40. The first kappa shape index (κ1) is 26.6. The first-order chi connectivity index (χ1) is 19.2. The summed E-state index contributed by atoms with van der Waals surface area (Å²) in [5, 5.41) is 0. The molecule has 7 rings (SSSR count). The molecule has 12 heteroatoms. The molecule has 4 aliphatic heterocycles. The van der Waals surface area contributed by atoms with Crippen LogP contribution in [0.2, 0.25) is 0 Å². The highest BCUT2D eigenvalue weighted by Crippen LogP contribution is 2.56. The van der Waals surface area contributed by atoms with E-state index in [0.717, 1.165) is 41.4 Å². The van der Waals surface area contributed by atoms with E-state index < -0.39 is 14.6 Å². The van der Waals surface area contributed by atoms with Crippen LogP contribution >= 0.6 is 0 Å². The number of rotatable bonds is 3. The van der Waals surface area contributed by atoms with E-state index in [1.165, 1.54) is 0 Å². The third-order valence-corrected chi connectivity index (χ3v) is 12.9. The van der Waals surface area contributed by atoms with Gasteiger partial charge in [-0.15, -0.1) is 0 Å². The maximum Gasteiger partial charge on any atom is 0.256 e. The van der Waals surface area contributed by atoms with Crippen molar-refractivity contribution >= 4 is 39.1 Å². The Bertz CT molecular complexity index is 1620. The van der Waals surface area contributed by atoms with Crippen LogP contribution < -0.4 is 9.80 Å². The normalized spacial score (nSPS) is 30.3. The van der Waals surface area contributed by atoms with Gasteiger partial charge >= 0.3 is 0 Å². The van der Waals surface area contributed by atoms with Gasteiger partial charge < -0.3 is 19.6 Å². The molecule has 0 N–H and O–H groups in total. The van der Waals surface area contributed by atoms with Crippen LogP contribution in [0.15, 0.2) is 18.6 Å². The van der Waals surface area contributed by atoms with E-state index in [9.17, 15) is 18.0 Å². The van der Waals surface area contributed by atoms with Crippen LogP contribution in [-0.4, -0.2) is 94.2 Å². The van der Waals surface area contributed by atoms with E-state index >= 15 is 0 Å². The van der Waals surface area contributed by atoms with E-state index in [2.05, 4.69) is 36.6 Å². The molecular weight excluding hydrogens is 542 g/mol. The van der Waals surface area contributed by atoms with E-state index in [4.69, 9.17) is 15.0 Å². The predicted molar refractivity (Wildman–Crippen MR) is 154 cm³/mol. The highest BCUT2D eigenvalue weighted by Gasteiger charge is 2.58. The van der Waals surface area contributed by atoms with E-state index in [0.29, 0.717) is 31.6 Å². The van der Waals surface area contributed by atoms with Crippen molar-refractivity contribution in [3.63, 3.8) is 0 Å². The number of anilines is 3. The highest BCUT2D eigenvalue weighted by molar-refractivity contribution is 7.95. The van der Waals surface area contributed by atoms with Crippen molar-refractivity contribution in [2.45, 2.75) is 81.7 Å². The zero-order chi connectivity index (χ0) is 29.3. The molecule has 41 heavy (non-hydrogen) atoms. The van der Waals surface area contributed by atoms with Gasteiger partial charge in [0.25, 0.3) is 5.91 Å². The van der Waals surface area contributed by atoms with Crippen molar-refractivity contribution in [3.8, 4) is 0 Å². The molecule has 6 heterocycles. The van der Waals surface area contributed by atoms with Crippen LogP contribution in [0, 0.1) is 0 Å². The largest absolute Gasteiger partial charge is 0.350 e. The smallest absolute Gasteiger partial charge is 0.256 e. The predicted octanol–water partition coefficient (Wildman–Crippen LogP) is 2.38. The van der Waals surface area contributed by atoms with Crippen molar-refractivity contribution in [1.29, 1.82) is 0 Å². The van der Waals surface area contributed by atoms with Crippen molar-refractivity contribution in [2.75, 3.05) is 42.2 Å². The Balaban J connectivity index is 1.21. The zero-order valence-corrected chi connectivity index (χ0v) is 25.3. The maximum atomic E-state index is 13.4. The van der Waals surface area contributed by atoms with Gasteiger partial charge in [0.2, 0.25) is 5.91 Å². The molecule has 2 aromatic rings. The number of carbonyl (C=O) groups excluding carboxylic acids is 2. The quantitative estimate of drug-likeness (QED) is 0.540. The average molecular weight is 580 g/mol. The van der Waals surface area contributed by atoms with Crippen molar-refractivity contribution in [1.82, 2.24) is 24.8 Å². The Morgan fingerprint density at radius 1 is 1.00 bits per heavy atom. The Labute approximate surface area is 240 Å². The second-order valence-electron chi connectivity index (χ2n) is 13.5. The topological polar surface area (TPSA) is 120 Å². The van der Waals surface area contributed by atoms with E-state index in [1.54, 1.807) is 24.3 Å². The molecule has 2 aromatic heterocycles. The summed E-state index contributed by atoms with van der Waals surface area (Å²) in [4.78, 5) is 48.5. The fourth-order valence-corrected chi connectivity index (χ4v) is 8.92. The summed E-state index contributed by atoms with van der Waals surface area (Å²) in [5.74, 6) is 2.24. The standard InChI is InChI=1S/C29H37N7O4S/c1-17-14-35(26(38)28(5)9-10-41(28,39)40)18(2)13-34(17)23-22-24(32-16-31-23)36(15-27(22,3)4)21-11-20-19(12-30-21)25(37)33(6)29(20)7-8-29/h11-12,16-18H,7-10,13-15H2,1-6H3/t17-,18+,28+/m0/s1. The number of sulfone groups is 1. The molecule has 5 aliphatic rings. The SMILES string of the molecule is C[C@@H]1CN(c2ncnc3c2C(C)(C)CN3c2cc3c(cn2)C(=O)N(C)C32CC2)[C@@H](C)CN1C(=O)[C@@]1(C)CCS1(=O)=O. The molecule has 0 aromatic carbocycles. The lowest BCUT2D eigenvalue weighted by molar-refractivity contribution is -0.137. The summed E-state index contributed by atoms with van der Waals surface area (Å²) in [7, 11) is -1.53. The second kappa shape index (κ2) is 8.17. The summed E-state index contributed by atoms with van der Waals surface area (Å²) in [5.41, 5.74) is 2.29. The number of aromatic nitrogens is 3. The molecule has 218 valence electrons. The Kier molecular flexibility index (Phi) is 5.30. The lowest BCUT2D eigenvalue weighted by Crippen LogP contribution is -2.66. The Morgan fingerprint density at radius 3 is 2.34 bits per heavy atom. The number of hydrogen-bond donors (Lipinski definition) is 0. The van der Waals surface area contributed by atoms with Crippen LogP contribution in [0.4, 0.5) is 17.5 Å². The number of fused-ring (bicyclic) bond motifs is 3. The molecule has 1 saturated carbocycles. The average Bonchev–Trinajstić information content (AvgIpc) is 3.67. The van der Waals surface area contributed by atoms with E-state index in [1.807, 2.05) is 18.9 Å². The van der Waals surface area contributed by atoms with Gasteiger partial charge in [0.1, 0.15) is 28.5 Å². The summed E-state index contributed by atoms with van der Waals surface area (Å²) in [6.07, 6.45) is 5.62. The van der Waals surface area contributed by atoms with Crippen LogP contribution in [-0.2, 0) is 25.6 Å². The molecule has 0 bridgehead atoms. The monoisotopic (exact) mass is 579 g/mol. The third kappa shape index (κ3) is 3.42. The van der Waals surface area contributed by atoms with Gasteiger partial charge in [-0.1, -0.05) is 13.8 Å². The number of nitrogens with zero attached hydrogens (tertiary/aromatic N) is 7. The van der Waals surface area contributed by atoms with Crippen molar-refractivity contribution in [3.05, 3.63) is 35.3 Å². The molecule has 2 saturated heterocycles. The van der Waals surface area contributed by atoms with Gasteiger partial charge in [-0.3, -0.25) is 9.59 Å². The molecule has 1 aliphatic carbocycles. The van der Waals surface area contributed by atoms with Crippen molar-refractivity contribution < 1.29 is 18.0 Å². The Hall–Kier alpha value is -3.28. The van der Waals surface area contributed by atoms with Gasteiger partial charge in [0.15, 0.2) is 9.84 Å². The lowest BCUT2D eigenvalue weighted by atomic mass is 9.87. The van der Waals surface area contributed by atoms with Crippen molar-refractivity contribution in [2.24, 2.45) is 0 Å². The summed E-state index contributed by atoms with van der Waals surface area (Å²) in [6, 6.07) is 1.82. The zero-order valence-electron chi connectivity index (χ0n) is 24.5. The van der Waals surface area contributed by atoms with Gasteiger partial charge in [-0.25, -0.2) is 23.4 Å². The summed E-state index contributed by atoms with van der Waals surface area (Å²) in [6.45, 7) is 11.6. The van der Waals surface area contributed by atoms with Gasteiger partial charge in [0.05, 0.1) is 16.9 Å². The first-order valence-corrected chi connectivity index (χ1v) is 16.1. The molecular formula is C29H37N7O4S. The lowest BCUT2D eigenvalue weighted by Gasteiger charge is -2.49. The van der Waals surface area contributed by atoms with Gasteiger partial charge in [-0.2, -0.15) is 0 Å². The summed E-state index contributed by atoms with van der Waals surface area (Å²) < 4.78 is 23.6. The highest BCUT2D eigenvalue weighted by atomic mass is 32.2. The molecule has 11 nitrogen and oxygen atoms in total. The third-order valence-electron chi connectivity index (χ3n) is 10.4. The summed E-state index contributed by atoms with van der Waals surface area (Å²) >= 11 is 0. The van der Waals surface area contributed by atoms with Crippen LogP contribution in [0.5, 0.6) is 0 Å². The fourth-order valence-electron chi connectivity index (χ4n) is 7.38. The molecule has 2 amide bonds. The number of piperazine rings is 1. The molecule has 1 spiro atoms. The van der Waals surface area contributed by atoms with Gasteiger partial charge in [0, 0.05) is 55.9 Å². The molecule has 3 atom stereocenters. The fraction of sp³-hybridized carbons (Fsp3) is 0.621. The molecule has 0 radical (unpaired) electrons. The molecule has 0 unspecified atom stereocenters. The van der Waals surface area contributed by atoms with Gasteiger partial charge in [-0.05, 0) is 51.7 Å². The molecule has 3 fully saturated rings. The second-order valence-corrected chi connectivity index (χ2v) is 16.0. The van der Waals surface area contributed by atoms with Crippen LogP contribution in [0.1, 0.15) is 75.4 Å². The number of amides is 2. The number of pyridine rings is 1. The van der Waals surface area contributed by atoms with E-state index in [-0.39, 0.29) is 40.6 Å². The van der Waals surface area contributed by atoms with Crippen LogP contribution in [0.3, 0.4) is 0 Å². The minimum absolute atomic E-state index is 0.0351. The Morgan fingerprint density at radius 2 is 1.71 bits per heavy atom. The van der Waals surface area contributed by atoms with Crippen LogP contribution in [0.25, 0.3) is 0 Å². The number of carbonyl (C=O) groups is 2. The maximum absolute atomic E-state index is 13.4. The number of hydrogen-bond acceptors (Lipinski definition) is 9.